The maximum atomic E-state index is 12.4. The van der Waals surface area contributed by atoms with E-state index in [1.807, 2.05) is 32.0 Å². The molecule has 3 amide bonds. The second-order valence-electron chi connectivity index (χ2n) is 6.73. The van der Waals surface area contributed by atoms with Gasteiger partial charge in [0.2, 0.25) is 0 Å². The number of aryl methyl sites for hydroxylation is 3. The van der Waals surface area contributed by atoms with E-state index in [4.69, 9.17) is 4.74 Å². The third kappa shape index (κ3) is 4.95. The molecular formula is C22H21N3O4. The van der Waals surface area contributed by atoms with Crippen molar-refractivity contribution in [2.75, 3.05) is 11.9 Å². The van der Waals surface area contributed by atoms with E-state index in [9.17, 15) is 14.4 Å². The lowest BCUT2D eigenvalue weighted by Crippen LogP contribution is -2.37. The van der Waals surface area contributed by atoms with Crippen LogP contribution >= 0.6 is 0 Å². The van der Waals surface area contributed by atoms with E-state index in [2.05, 4.69) is 15.6 Å². The number of para-hydroxylation sites is 1. The molecule has 0 fully saturated rings. The van der Waals surface area contributed by atoms with Crippen LogP contribution in [0.3, 0.4) is 0 Å². The highest BCUT2D eigenvalue weighted by Crippen LogP contribution is 2.19. The fourth-order valence-electron chi connectivity index (χ4n) is 2.96. The van der Waals surface area contributed by atoms with Crippen LogP contribution in [0.4, 0.5) is 10.5 Å². The molecule has 2 N–H and O–H groups in total. The summed E-state index contributed by atoms with van der Waals surface area (Å²) in [5, 5.41) is 5.38. The summed E-state index contributed by atoms with van der Waals surface area (Å²) in [6.45, 7) is 5.00. The number of rotatable bonds is 4. The largest absolute Gasteiger partial charge is 0.452 e. The number of carbonyl (C=O) groups excluding carboxylic acids is 3. The fraction of sp³-hybridized carbons (Fsp3) is 0.182. The Morgan fingerprint density at radius 2 is 1.76 bits per heavy atom. The number of nitrogens with one attached hydrogen (secondary N) is 2. The quantitative estimate of drug-likeness (QED) is 0.662. The zero-order chi connectivity index (χ0) is 21.0. The van der Waals surface area contributed by atoms with Crippen molar-refractivity contribution in [1.29, 1.82) is 0 Å². The smallest absolute Gasteiger partial charge is 0.339 e. The fourth-order valence-corrected chi connectivity index (χ4v) is 2.96. The summed E-state index contributed by atoms with van der Waals surface area (Å²) in [6.07, 6.45) is 0. The van der Waals surface area contributed by atoms with Crippen molar-refractivity contribution >= 4 is 34.5 Å². The van der Waals surface area contributed by atoms with Gasteiger partial charge in [-0.1, -0.05) is 35.9 Å². The van der Waals surface area contributed by atoms with Crippen LogP contribution in [0.5, 0.6) is 0 Å². The monoisotopic (exact) mass is 391 g/mol. The van der Waals surface area contributed by atoms with Gasteiger partial charge in [-0.3, -0.25) is 15.1 Å². The zero-order valence-corrected chi connectivity index (χ0v) is 16.4. The van der Waals surface area contributed by atoms with Crippen LogP contribution < -0.4 is 10.6 Å². The van der Waals surface area contributed by atoms with Crippen LogP contribution in [-0.4, -0.2) is 29.5 Å². The predicted molar refractivity (Wildman–Crippen MR) is 110 cm³/mol. The van der Waals surface area contributed by atoms with Crippen molar-refractivity contribution in [1.82, 2.24) is 10.3 Å². The molecule has 7 nitrogen and oxygen atoms in total. The van der Waals surface area contributed by atoms with Gasteiger partial charge in [-0.05, 0) is 44.5 Å². The number of nitrogens with zero attached hydrogens (tertiary/aromatic N) is 1. The molecule has 3 rings (SSSR count). The Kier molecular flexibility index (Phi) is 5.87. The molecule has 2 aromatic carbocycles. The minimum atomic E-state index is -0.726. The SMILES string of the molecule is Cc1ccc(NC(=O)NC(=O)COC(=O)c2cc(C)nc3ccccc23)c(C)c1. The number of fused-ring (bicyclic) bond motifs is 1. The number of amides is 3. The van der Waals surface area contributed by atoms with Crippen molar-refractivity contribution in [3.63, 3.8) is 0 Å². The molecule has 29 heavy (non-hydrogen) atoms. The molecule has 0 spiro atoms. The highest BCUT2D eigenvalue weighted by molar-refractivity contribution is 6.05. The molecule has 3 aromatic rings. The first kappa shape index (κ1) is 20.0. The number of pyridine rings is 1. The molecule has 1 heterocycles. The standard InChI is InChI=1S/C22H21N3O4/c1-13-8-9-18(14(2)10-13)24-22(28)25-20(26)12-29-21(27)17-11-15(3)23-19-7-5-4-6-16(17)19/h4-11H,12H2,1-3H3,(H2,24,25,26,28). The number of hydrogen-bond donors (Lipinski definition) is 2. The predicted octanol–water partition coefficient (Wildman–Crippen LogP) is 3.67. The Morgan fingerprint density at radius 1 is 1.00 bits per heavy atom. The van der Waals surface area contributed by atoms with Gasteiger partial charge in [-0.25, -0.2) is 9.59 Å². The number of urea groups is 1. The van der Waals surface area contributed by atoms with Crippen LogP contribution in [-0.2, 0) is 9.53 Å². The van der Waals surface area contributed by atoms with E-state index >= 15 is 0 Å². The van der Waals surface area contributed by atoms with E-state index in [-0.39, 0.29) is 0 Å². The minimum absolute atomic E-state index is 0.320. The van der Waals surface area contributed by atoms with Gasteiger partial charge in [0.1, 0.15) is 0 Å². The van der Waals surface area contributed by atoms with E-state index in [1.165, 1.54) is 0 Å². The van der Waals surface area contributed by atoms with Crippen LogP contribution in [0.25, 0.3) is 10.9 Å². The molecule has 0 unspecified atom stereocenters. The third-order valence-corrected chi connectivity index (χ3v) is 4.28. The Hall–Kier alpha value is -3.74. The number of aromatic nitrogens is 1. The minimum Gasteiger partial charge on any atom is -0.452 e. The molecular weight excluding hydrogens is 370 g/mol. The first-order valence-corrected chi connectivity index (χ1v) is 9.05. The van der Waals surface area contributed by atoms with Crippen LogP contribution in [0, 0.1) is 20.8 Å². The lowest BCUT2D eigenvalue weighted by molar-refractivity contribution is -0.123. The highest BCUT2D eigenvalue weighted by Gasteiger charge is 2.16. The molecule has 0 aliphatic rings. The van der Waals surface area contributed by atoms with Crippen molar-refractivity contribution in [3.05, 3.63) is 70.9 Å². The van der Waals surface area contributed by atoms with Gasteiger partial charge in [0.25, 0.3) is 5.91 Å². The van der Waals surface area contributed by atoms with E-state index in [0.29, 0.717) is 27.8 Å². The summed E-state index contributed by atoms with van der Waals surface area (Å²) in [4.78, 5) is 40.8. The molecule has 1 aromatic heterocycles. The Labute approximate surface area is 168 Å². The highest BCUT2D eigenvalue weighted by atomic mass is 16.5. The average Bonchev–Trinajstić information content (AvgIpc) is 2.67. The third-order valence-electron chi connectivity index (χ3n) is 4.28. The normalized spacial score (nSPS) is 10.4. The number of carbonyl (C=O) groups is 3. The molecule has 148 valence electrons. The number of ether oxygens (including phenoxy) is 1. The van der Waals surface area contributed by atoms with Crippen LogP contribution in [0.1, 0.15) is 27.2 Å². The Morgan fingerprint density at radius 3 is 2.52 bits per heavy atom. The Bertz CT molecular complexity index is 1110. The average molecular weight is 391 g/mol. The second-order valence-corrected chi connectivity index (χ2v) is 6.73. The molecule has 0 aliphatic carbocycles. The number of imide groups is 1. The van der Waals surface area contributed by atoms with Gasteiger partial charge in [0.05, 0.1) is 11.1 Å². The Balaban J connectivity index is 1.59. The van der Waals surface area contributed by atoms with Gasteiger partial charge < -0.3 is 10.1 Å². The van der Waals surface area contributed by atoms with Gasteiger partial charge in [0, 0.05) is 16.8 Å². The lowest BCUT2D eigenvalue weighted by Gasteiger charge is -2.11. The number of benzene rings is 2. The summed E-state index contributed by atoms with van der Waals surface area (Å²) >= 11 is 0. The molecule has 0 bridgehead atoms. The summed E-state index contributed by atoms with van der Waals surface area (Å²) < 4.78 is 5.08. The van der Waals surface area contributed by atoms with Gasteiger partial charge in [-0.15, -0.1) is 0 Å². The van der Waals surface area contributed by atoms with Crippen molar-refractivity contribution in [2.24, 2.45) is 0 Å². The number of esters is 1. The maximum absolute atomic E-state index is 12.4. The molecule has 0 radical (unpaired) electrons. The first-order chi connectivity index (χ1) is 13.8. The van der Waals surface area contributed by atoms with E-state index in [1.54, 1.807) is 37.3 Å². The summed E-state index contributed by atoms with van der Waals surface area (Å²) in [5.74, 6) is -1.38. The van der Waals surface area contributed by atoms with Crippen molar-refractivity contribution in [3.8, 4) is 0 Å². The topological polar surface area (TPSA) is 97.4 Å². The summed E-state index contributed by atoms with van der Waals surface area (Å²) in [6, 6.07) is 13.6. The molecule has 0 atom stereocenters. The summed E-state index contributed by atoms with van der Waals surface area (Å²) in [7, 11) is 0. The van der Waals surface area contributed by atoms with E-state index in [0.717, 1.165) is 11.1 Å². The van der Waals surface area contributed by atoms with Crippen LogP contribution in [0.2, 0.25) is 0 Å². The maximum Gasteiger partial charge on any atom is 0.339 e. The van der Waals surface area contributed by atoms with Gasteiger partial charge in [0.15, 0.2) is 6.61 Å². The summed E-state index contributed by atoms with van der Waals surface area (Å²) in [5.41, 5.74) is 4.18. The van der Waals surface area contributed by atoms with E-state index < -0.39 is 24.5 Å². The first-order valence-electron chi connectivity index (χ1n) is 9.05. The van der Waals surface area contributed by atoms with Gasteiger partial charge >= 0.3 is 12.0 Å². The molecule has 0 saturated heterocycles. The molecule has 0 aliphatic heterocycles. The zero-order valence-electron chi connectivity index (χ0n) is 16.4. The van der Waals surface area contributed by atoms with Crippen LogP contribution in [0.15, 0.2) is 48.5 Å². The number of anilines is 1. The molecule has 7 heteroatoms. The van der Waals surface area contributed by atoms with Crippen molar-refractivity contribution < 1.29 is 19.1 Å². The van der Waals surface area contributed by atoms with Gasteiger partial charge in [-0.2, -0.15) is 0 Å². The second kappa shape index (κ2) is 8.52. The lowest BCUT2D eigenvalue weighted by atomic mass is 10.1. The number of hydrogen-bond acceptors (Lipinski definition) is 5. The molecule has 0 saturated carbocycles. The van der Waals surface area contributed by atoms with Crippen molar-refractivity contribution in [2.45, 2.75) is 20.8 Å².